The molecule has 0 aliphatic rings. The van der Waals surface area contributed by atoms with Gasteiger partial charge in [0.05, 0.1) is 28.4 Å². The first kappa shape index (κ1) is 19.1. The van der Waals surface area contributed by atoms with Gasteiger partial charge >= 0.3 is 0 Å². The third kappa shape index (κ3) is 3.97. The fourth-order valence-corrected chi connectivity index (χ4v) is 4.42. The van der Waals surface area contributed by atoms with Crippen LogP contribution in [0.15, 0.2) is 60.9 Å². The van der Waals surface area contributed by atoms with Gasteiger partial charge in [-0.05, 0) is 60.5 Å². The van der Waals surface area contributed by atoms with Crippen molar-refractivity contribution in [2.75, 3.05) is 4.90 Å². The van der Waals surface area contributed by atoms with Crippen molar-refractivity contribution >= 4 is 44.2 Å². The quantitative estimate of drug-likeness (QED) is 0.446. The highest BCUT2D eigenvalue weighted by atomic mass is 35.5. The van der Waals surface area contributed by atoms with Crippen LogP contribution < -0.4 is 4.90 Å². The van der Waals surface area contributed by atoms with E-state index in [0.717, 1.165) is 21.3 Å². The third-order valence-electron chi connectivity index (χ3n) is 4.44. The zero-order chi connectivity index (χ0) is 20.4. The van der Waals surface area contributed by atoms with Gasteiger partial charge in [0.15, 0.2) is 5.13 Å². The number of amides is 1. The van der Waals surface area contributed by atoms with Crippen molar-refractivity contribution in [3.05, 3.63) is 88.2 Å². The minimum atomic E-state index is -0.193. The predicted molar refractivity (Wildman–Crippen MR) is 115 cm³/mol. The fourth-order valence-electron chi connectivity index (χ4n) is 3.00. The van der Waals surface area contributed by atoms with Gasteiger partial charge in [-0.3, -0.25) is 14.7 Å². The molecule has 2 heterocycles. The van der Waals surface area contributed by atoms with Crippen molar-refractivity contribution in [2.45, 2.75) is 13.5 Å². The molecule has 7 heteroatoms. The molecule has 0 saturated heterocycles. The van der Waals surface area contributed by atoms with E-state index in [9.17, 15) is 4.79 Å². The number of hydrogen-bond acceptors (Lipinski definition) is 5. The summed E-state index contributed by atoms with van der Waals surface area (Å²) in [5.41, 5.74) is 3.68. The molecule has 5 nitrogen and oxygen atoms in total. The van der Waals surface area contributed by atoms with Crippen LogP contribution in [-0.2, 0) is 6.54 Å². The number of carbonyl (C=O) groups is 1. The summed E-state index contributed by atoms with van der Waals surface area (Å²) in [5.74, 6) is -0.193. The molecule has 0 saturated carbocycles. The number of nitriles is 1. The highest BCUT2D eigenvalue weighted by Crippen LogP contribution is 2.34. The maximum Gasteiger partial charge on any atom is 0.260 e. The monoisotopic (exact) mass is 418 g/mol. The highest BCUT2D eigenvalue weighted by molar-refractivity contribution is 7.22. The predicted octanol–water partition coefficient (Wildman–Crippen LogP) is 5.37. The minimum absolute atomic E-state index is 0.193. The number of benzene rings is 2. The lowest BCUT2D eigenvalue weighted by Crippen LogP contribution is -2.30. The van der Waals surface area contributed by atoms with E-state index in [0.29, 0.717) is 27.8 Å². The number of rotatable bonds is 4. The van der Waals surface area contributed by atoms with Crippen LogP contribution in [0.2, 0.25) is 5.02 Å². The third-order valence-corrected chi connectivity index (χ3v) is 5.68. The summed E-state index contributed by atoms with van der Waals surface area (Å²) in [6, 6.07) is 16.1. The molecule has 0 bridgehead atoms. The number of nitrogens with zero attached hydrogens (tertiary/aromatic N) is 4. The molecule has 0 N–H and O–H groups in total. The number of pyridine rings is 1. The maximum atomic E-state index is 13.3. The molecule has 4 rings (SSSR count). The molecule has 0 atom stereocenters. The van der Waals surface area contributed by atoms with Crippen molar-refractivity contribution in [1.82, 2.24) is 9.97 Å². The summed E-state index contributed by atoms with van der Waals surface area (Å²) in [6.45, 7) is 2.28. The average Bonchev–Trinajstić information content (AvgIpc) is 3.16. The molecule has 29 heavy (non-hydrogen) atoms. The molecule has 2 aromatic carbocycles. The van der Waals surface area contributed by atoms with Crippen molar-refractivity contribution in [1.29, 1.82) is 5.26 Å². The van der Waals surface area contributed by atoms with Gasteiger partial charge in [0.25, 0.3) is 5.91 Å². The number of carbonyl (C=O) groups excluding carboxylic acids is 1. The van der Waals surface area contributed by atoms with Crippen LogP contribution in [-0.4, -0.2) is 15.9 Å². The highest BCUT2D eigenvalue weighted by Gasteiger charge is 2.22. The summed E-state index contributed by atoms with van der Waals surface area (Å²) in [5, 5.41) is 10.2. The standard InChI is InChI=1S/C22H15ClN4OS/c1-14-9-18(23)10-19-20(14)26-22(29-19)27(13-16-3-2-8-25-12-16)21(28)17-6-4-15(11-24)5-7-17/h2-10,12H,13H2,1H3. The zero-order valence-corrected chi connectivity index (χ0v) is 17.0. The molecule has 2 aromatic heterocycles. The first-order chi connectivity index (χ1) is 14.0. The molecule has 142 valence electrons. The largest absolute Gasteiger partial charge is 0.279 e. The van der Waals surface area contributed by atoms with Crippen molar-refractivity contribution in [3.63, 3.8) is 0 Å². The second kappa shape index (κ2) is 8.00. The Morgan fingerprint density at radius 1 is 1.24 bits per heavy atom. The minimum Gasteiger partial charge on any atom is -0.279 e. The molecule has 0 unspecified atom stereocenters. The van der Waals surface area contributed by atoms with E-state index >= 15 is 0 Å². The molecule has 0 radical (unpaired) electrons. The fraction of sp³-hybridized carbons (Fsp3) is 0.0909. The van der Waals surface area contributed by atoms with E-state index in [1.807, 2.05) is 31.2 Å². The molecule has 0 fully saturated rings. The molecule has 1 amide bonds. The summed E-state index contributed by atoms with van der Waals surface area (Å²) in [4.78, 5) is 23.8. The van der Waals surface area contributed by atoms with Crippen molar-refractivity contribution in [2.24, 2.45) is 0 Å². The van der Waals surface area contributed by atoms with Gasteiger partial charge in [-0.25, -0.2) is 4.98 Å². The Morgan fingerprint density at radius 3 is 2.72 bits per heavy atom. The topological polar surface area (TPSA) is 69.9 Å². The normalized spacial score (nSPS) is 10.7. The van der Waals surface area contributed by atoms with Crippen molar-refractivity contribution in [3.8, 4) is 6.07 Å². The maximum absolute atomic E-state index is 13.3. The number of aromatic nitrogens is 2. The Hall–Kier alpha value is -3.27. The second-order valence-corrected chi connectivity index (χ2v) is 7.95. The van der Waals surface area contributed by atoms with Crippen LogP contribution >= 0.6 is 22.9 Å². The van der Waals surface area contributed by atoms with Crippen molar-refractivity contribution < 1.29 is 4.79 Å². The van der Waals surface area contributed by atoms with E-state index < -0.39 is 0 Å². The van der Waals surface area contributed by atoms with E-state index in [1.165, 1.54) is 11.3 Å². The van der Waals surface area contributed by atoms with Gasteiger partial charge in [-0.2, -0.15) is 5.26 Å². The average molecular weight is 419 g/mol. The van der Waals surface area contributed by atoms with Gasteiger partial charge < -0.3 is 0 Å². The first-order valence-electron chi connectivity index (χ1n) is 8.83. The number of thiazole rings is 1. The van der Waals surface area contributed by atoms with Crippen LogP contribution in [0.25, 0.3) is 10.2 Å². The van der Waals surface area contributed by atoms with Gasteiger partial charge in [0.2, 0.25) is 0 Å². The Labute approximate surface area is 176 Å². The molecular weight excluding hydrogens is 404 g/mol. The number of fused-ring (bicyclic) bond motifs is 1. The SMILES string of the molecule is Cc1cc(Cl)cc2sc(N(Cc3cccnc3)C(=O)c3ccc(C#N)cc3)nc12. The van der Waals surface area contributed by atoms with Crippen LogP contribution in [0.4, 0.5) is 5.13 Å². The van der Waals surface area contributed by atoms with Crippen LogP contribution in [0, 0.1) is 18.3 Å². The van der Waals surface area contributed by atoms with Gasteiger partial charge in [-0.15, -0.1) is 0 Å². The number of halogens is 1. The Bertz CT molecular complexity index is 1230. The van der Waals surface area contributed by atoms with E-state index in [2.05, 4.69) is 11.1 Å². The number of aryl methyl sites for hydroxylation is 1. The summed E-state index contributed by atoms with van der Waals surface area (Å²) >= 11 is 7.61. The Kier molecular flexibility index (Phi) is 5.26. The molecule has 0 spiro atoms. The second-order valence-electron chi connectivity index (χ2n) is 6.51. The van der Waals surface area contributed by atoms with E-state index in [-0.39, 0.29) is 5.91 Å². The Balaban J connectivity index is 1.78. The zero-order valence-electron chi connectivity index (χ0n) is 15.5. The van der Waals surface area contributed by atoms with Gasteiger partial charge in [0, 0.05) is 23.0 Å². The lowest BCUT2D eigenvalue weighted by atomic mass is 10.1. The molecule has 0 aliphatic carbocycles. The first-order valence-corrected chi connectivity index (χ1v) is 10.0. The molecule has 0 aliphatic heterocycles. The molecule has 4 aromatic rings. The van der Waals surface area contributed by atoms with Crippen LogP contribution in [0.3, 0.4) is 0 Å². The van der Waals surface area contributed by atoms with Gasteiger partial charge in [0.1, 0.15) is 0 Å². The number of hydrogen-bond donors (Lipinski definition) is 0. The van der Waals surface area contributed by atoms with E-state index in [1.54, 1.807) is 41.6 Å². The van der Waals surface area contributed by atoms with Crippen LogP contribution in [0.1, 0.15) is 27.0 Å². The smallest absolute Gasteiger partial charge is 0.260 e. The summed E-state index contributed by atoms with van der Waals surface area (Å²) in [6.07, 6.45) is 3.42. The Morgan fingerprint density at radius 2 is 2.03 bits per heavy atom. The lowest BCUT2D eigenvalue weighted by molar-refractivity contribution is 0.0985. The number of anilines is 1. The molecular formula is C22H15ClN4OS. The van der Waals surface area contributed by atoms with Gasteiger partial charge in [-0.1, -0.05) is 29.0 Å². The van der Waals surface area contributed by atoms with Crippen LogP contribution in [0.5, 0.6) is 0 Å². The lowest BCUT2D eigenvalue weighted by Gasteiger charge is -2.20. The van der Waals surface area contributed by atoms with E-state index in [4.69, 9.17) is 21.8 Å². The summed E-state index contributed by atoms with van der Waals surface area (Å²) in [7, 11) is 0. The summed E-state index contributed by atoms with van der Waals surface area (Å²) < 4.78 is 0.925.